The van der Waals surface area contributed by atoms with Crippen LogP contribution in [-0.4, -0.2) is 18.5 Å². The lowest BCUT2D eigenvalue weighted by Crippen LogP contribution is -2.15. The van der Waals surface area contributed by atoms with E-state index in [2.05, 4.69) is 0 Å². The fourth-order valence-corrected chi connectivity index (χ4v) is 2.33. The minimum atomic E-state index is -2.30. The summed E-state index contributed by atoms with van der Waals surface area (Å²) in [7, 11) is 0. The highest BCUT2D eigenvalue weighted by Crippen LogP contribution is 2.30. The van der Waals surface area contributed by atoms with Crippen molar-refractivity contribution in [3.05, 3.63) is 70.0 Å². The van der Waals surface area contributed by atoms with Gasteiger partial charge in [0.05, 0.1) is 23.3 Å². The smallest absolute Gasteiger partial charge is 0.338 e. The standard InChI is InChI=1S/C20H17F5O4/c1-9(2)8-28-19(26)11-4-6-12(7-5-11)20(27)29-10(3)13-14(21)16(23)18(25)17(24)15(13)22/h4-7,9-10H,8H2,1-3H3. The van der Waals surface area contributed by atoms with E-state index in [0.29, 0.717) is 0 Å². The van der Waals surface area contributed by atoms with Crippen molar-refractivity contribution in [2.45, 2.75) is 26.9 Å². The third-order valence-corrected chi connectivity index (χ3v) is 3.84. The Morgan fingerprint density at radius 1 is 0.759 bits per heavy atom. The van der Waals surface area contributed by atoms with Crippen molar-refractivity contribution in [2.24, 2.45) is 5.92 Å². The molecule has 1 unspecified atom stereocenters. The Morgan fingerprint density at radius 2 is 1.17 bits per heavy atom. The van der Waals surface area contributed by atoms with Gasteiger partial charge < -0.3 is 9.47 Å². The lowest BCUT2D eigenvalue weighted by atomic mass is 10.1. The van der Waals surface area contributed by atoms with Crippen LogP contribution < -0.4 is 0 Å². The van der Waals surface area contributed by atoms with E-state index in [4.69, 9.17) is 9.47 Å². The Morgan fingerprint density at radius 3 is 1.62 bits per heavy atom. The van der Waals surface area contributed by atoms with Gasteiger partial charge in [-0.2, -0.15) is 0 Å². The Labute approximate surface area is 163 Å². The lowest BCUT2D eigenvalue weighted by molar-refractivity contribution is 0.0318. The maximum atomic E-state index is 13.8. The zero-order chi connectivity index (χ0) is 21.9. The number of carbonyl (C=O) groups excluding carboxylic acids is 2. The van der Waals surface area contributed by atoms with Crippen LogP contribution in [0.3, 0.4) is 0 Å². The van der Waals surface area contributed by atoms with Gasteiger partial charge in [-0.3, -0.25) is 0 Å². The van der Waals surface area contributed by atoms with Crippen molar-refractivity contribution in [1.29, 1.82) is 0 Å². The maximum Gasteiger partial charge on any atom is 0.338 e. The van der Waals surface area contributed by atoms with Crippen LogP contribution in [0.25, 0.3) is 0 Å². The highest BCUT2D eigenvalue weighted by atomic mass is 19.2. The number of hydrogen-bond acceptors (Lipinski definition) is 4. The Kier molecular flexibility index (Phi) is 6.94. The molecule has 0 spiro atoms. The van der Waals surface area contributed by atoms with Crippen LogP contribution in [0.2, 0.25) is 0 Å². The third kappa shape index (κ3) is 4.90. The molecule has 0 N–H and O–H groups in total. The number of halogens is 5. The minimum Gasteiger partial charge on any atom is -0.462 e. The van der Waals surface area contributed by atoms with E-state index in [1.165, 1.54) is 24.3 Å². The fraction of sp³-hybridized carbons (Fsp3) is 0.300. The molecule has 156 valence electrons. The molecular weight excluding hydrogens is 399 g/mol. The molecule has 4 nitrogen and oxygen atoms in total. The van der Waals surface area contributed by atoms with E-state index in [9.17, 15) is 31.5 Å². The molecule has 0 fully saturated rings. The molecule has 2 aromatic rings. The predicted octanol–water partition coefficient (Wildman–Crippen LogP) is 5.11. The van der Waals surface area contributed by atoms with Crippen molar-refractivity contribution in [3.63, 3.8) is 0 Å². The van der Waals surface area contributed by atoms with Crippen LogP contribution >= 0.6 is 0 Å². The van der Waals surface area contributed by atoms with Gasteiger partial charge in [-0.05, 0) is 37.1 Å². The van der Waals surface area contributed by atoms with E-state index in [-0.39, 0.29) is 23.7 Å². The molecule has 0 saturated heterocycles. The quantitative estimate of drug-likeness (QED) is 0.284. The van der Waals surface area contributed by atoms with Crippen LogP contribution in [0.15, 0.2) is 24.3 Å². The summed E-state index contributed by atoms with van der Waals surface area (Å²) in [5.74, 6) is -12.3. The molecule has 0 radical (unpaired) electrons. The van der Waals surface area contributed by atoms with Gasteiger partial charge in [0.1, 0.15) is 6.10 Å². The summed E-state index contributed by atoms with van der Waals surface area (Å²) in [6.45, 7) is 4.89. The normalized spacial score (nSPS) is 12.0. The number of hydrogen-bond donors (Lipinski definition) is 0. The van der Waals surface area contributed by atoms with Gasteiger partial charge in [0.2, 0.25) is 5.82 Å². The summed E-state index contributed by atoms with van der Waals surface area (Å²) in [6.07, 6.45) is -1.76. The van der Waals surface area contributed by atoms with E-state index in [0.717, 1.165) is 6.92 Å². The molecule has 29 heavy (non-hydrogen) atoms. The molecule has 0 heterocycles. The van der Waals surface area contributed by atoms with Gasteiger partial charge in [0.15, 0.2) is 23.3 Å². The van der Waals surface area contributed by atoms with Crippen molar-refractivity contribution in [1.82, 2.24) is 0 Å². The molecule has 0 aliphatic rings. The van der Waals surface area contributed by atoms with Gasteiger partial charge in [-0.15, -0.1) is 0 Å². The number of ether oxygens (including phenoxy) is 2. The third-order valence-electron chi connectivity index (χ3n) is 3.84. The zero-order valence-corrected chi connectivity index (χ0v) is 15.7. The molecule has 0 aromatic heterocycles. The van der Waals surface area contributed by atoms with Crippen molar-refractivity contribution >= 4 is 11.9 Å². The highest BCUT2D eigenvalue weighted by molar-refractivity contribution is 5.93. The molecule has 9 heteroatoms. The molecule has 0 amide bonds. The molecule has 0 bridgehead atoms. The summed E-state index contributed by atoms with van der Waals surface area (Å²) in [4.78, 5) is 24.0. The fourth-order valence-electron chi connectivity index (χ4n) is 2.33. The van der Waals surface area contributed by atoms with Crippen molar-refractivity contribution < 1.29 is 41.0 Å². The van der Waals surface area contributed by atoms with Crippen LogP contribution in [0.4, 0.5) is 22.0 Å². The number of esters is 2. The average Bonchev–Trinajstić information content (AvgIpc) is 2.69. The second-order valence-electron chi connectivity index (χ2n) is 6.60. The summed E-state index contributed by atoms with van der Waals surface area (Å²) >= 11 is 0. The SMILES string of the molecule is CC(C)COC(=O)c1ccc(C(=O)OC(C)c2c(F)c(F)c(F)c(F)c2F)cc1. The van der Waals surface area contributed by atoms with Crippen LogP contribution in [0, 0.1) is 35.0 Å². The molecule has 1 atom stereocenters. The lowest BCUT2D eigenvalue weighted by Gasteiger charge is -2.16. The van der Waals surface area contributed by atoms with Gasteiger partial charge in [0, 0.05) is 0 Å². The van der Waals surface area contributed by atoms with E-state index < -0.39 is 52.7 Å². The minimum absolute atomic E-state index is 0.0962. The largest absolute Gasteiger partial charge is 0.462 e. The predicted molar refractivity (Wildman–Crippen MR) is 91.6 cm³/mol. The van der Waals surface area contributed by atoms with E-state index >= 15 is 0 Å². The van der Waals surface area contributed by atoms with Gasteiger partial charge in [-0.1, -0.05) is 13.8 Å². The zero-order valence-electron chi connectivity index (χ0n) is 15.7. The molecule has 0 aliphatic carbocycles. The summed E-state index contributed by atoms with van der Waals surface area (Å²) < 4.78 is 77.2. The molecule has 0 aliphatic heterocycles. The van der Waals surface area contributed by atoms with Gasteiger partial charge in [0.25, 0.3) is 0 Å². The molecule has 2 aromatic carbocycles. The van der Waals surface area contributed by atoms with Gasteiger partial charge >= 0.3 is 11.9 Å². The number of carbonyl (C=O) groups is 2. The molecule has 0 saturated carbocycles. The number of rotatable bonds is 6. The highest BCUT2D eigenvalue weighted by Gasteiger charge is 2.30. The Hall–Kier alpha value is -2.97. The monoisotopic (exact) mass is 416 g/mol. The number of benzene rings is 2. The first-order valence-corrected chi connectivity index (χ1v) is 8.54. The van der Waals surface area contributed by atoms with Crippen LogP contribution in [-0.2, 0) is 9.47 Å². The maximum absolute atomic E-state index is 13.8. The molecule has 2 rings (SSSR count). The van der Waals surface area contributed by atoms with Crippen LogP contribution in [0.1, 0.15) is 53.2 Å². The first-order chi connectivity index (χ1) is 13.5. The summed E-state index contributed by atoms with van der Waals surface area (Å²) in [5, 5.41) is 0. The summed E-state index contributed by atoms with van der Waals surface area (Å²) in [6, 6.07) is 4.98. The van der Waals surface area contributed by atoms with E-state index in [1.54, 1.807) is 0 Å². The topological polar surface area (TPSA) is 52.6 Å². The molecular formula is C20H17F5O4. The van der Waals surface area contributed by atoms with Crippen LogP contribution in [0.5, 0.6) is 0 Å². The Balaban J connectivity index is 2.16. The second-order valence-corrected chi connectivity index (χ2v) is 6.60. The first kappa shape index (κ1) is 22.3. The average molecular weight is 416 g/mol. The van der Waals surface area contributed by atoms with Crippen molar-refractivity contribution in [3.8, 4) is 0 Å². The van der Waals surface area contributed by atoms with Gasteiger partial charge in [-0.25, -0.2) is 31.5 Å². The second kappa shape index (κ2) is 9.02. The Bertz CT molecular complexity index is 896. The van der Waals surface area contributed by atoms with Crippen molar-refractivity contribution in [2.75, 3.05) is 6.61 Å². The summed E-state index contributed by atoms with van der Waals surface area (Å²) in [5.41, 5.74) is -1.19. The first-order valence-electron chi connectivity index (χ1n) is 8.54. The van der Waals surface area contributed by atoms with E-state index in [1.807, 2.05) is 13.8 Å².